The van der Waals surface area contributed by atoms with Gasteiger partial charge in [0.1, 0.15) is 6.04 Å². The molecule has 0 spiro atoms. The maximum atomic E-state index is 12.0. The van der Waals surface area contributed by atoms with Crippen LogP contribution < -0.4 is 5.32 Å². The molecule has 1 heterocycles. The molecule has 5 heteroatoms. The molecule has 1 aliphatic heterocycles. The Morgan fingerprint density at radius 2 is 1.78 bits per heavy atom. The summed E-state index contributed by atoms with van der Waals surface area (Å²) in [6.45, 7) is 9.91. The van der Waals surface area contributed by atoms with E-state index < -0.39 is 0 Å². The van der Waals surface area contributed by atoms with Crippen LogP contribution in [0, 0.1) is 5.92 Å². The van der Waals surface area contributed by atoms with E-state index in [1.165, 1.54) is 0 Å². The van der Waals surface area contributed by atoms with Crippen molar-refractivity contribution in [1.29, 1.82) is 0 Å². The first-order chi connectivity index (χ1) is 8.38. The highest BCUT2D eigenvalue weighted by molar-refractivity contribution is 5.84. The van der Waals surface area contributed by atoms with Gasteiger partial charge in [0.15, 0.2) is 0 Å². The standard InChI is InChI=1S/C13H25N3O2/c1-9(2)13(18)15-6-7-16(10(3)4)11(8-15)12(17)14-5/h9-11H,6-8H2,1-5H3,(H,14,17). The van der Waals surface area contributed by atoms with Crippen molar-refractivity contribution in [3.05, 3.63) is 0 Å². The molecule has 5 nitrogen and oxygen atoms in total. The molecule has 1 saturated heterocycles. The number of hydrogen-bond donors (Lipinski definition) is 1. The Kier molecular flexibility index (Phi) is 5.14. The van der Waals surface area contributed by atoms with Crippen LogP contribution in [0.1, 0.15) is 27.7 Å². The van der Waals surface area contributed by atoms with Crippen LogP contribution in [0.3, 0.4) is 0 Å². The minimum absolute atomic E-state index is 0.00930. The second kappa shape index (κ2) is 6.18. The Labute approximate surface area is 110 Å². The first-order valence-electron chi connectivity index (χ1n) is 6.64. The molecule has 1 unspecified atom stereocenters. The third kappa shape index (κ3) is 3.22. The molecule has 0 aromatic rings. The Hall–Kier alpha value is -1.10. The summed E-state index contributed by atoms with van der Waals surface area (Å²) in [6.07, 6.45) is 0. The van der Waals surface area contributed by atoms with Gasteiger partial charge >= 0.3 is 0 Å². The lowest BCUT2D eigenvalue weighted by Crippen LogP contribution is -2.61. The summed E-state index contributed by atoms with van der Waals surface area (Å²) >= 11 is 0. The van der Waals surface area contributed by atoms with Crippen molar-refractivity contribution in [3.63, 3.8) is 0 Å². The van der Waals surface area contributed by atoms with Gasteiger partial charge in [-0.15, -0.1) is 0 Å². The second-order valence-corrected chi connectivity index (χ2v) is 5.40. The zero-order chi connectivity index (χ0) is 13.9. The van der Waals surface area contributed by atoms with Crippen molar-refractivity contribution in [3.8, 4) is 0 Å². The van der Waals surface area contributed by atoms with Gasteiger partial charge in [-0.2, -0.15) is 0 Å². The highest BCUT2D eigenvalue weighted by Gasteiger charge is 2.35. The smallest absolute Gasteiger partial charge is 0.238 e. The van der Waals surface area contributed by atoms with Gasteiger partial charge < -0.3 is 10.2 Å². The van der Waals surface area contributed by atoms with E-state index >= 15 is 0 Å². The van der Waals surface area contributed by atoms with Gasteiger partial charge in [-0.3, -0.25) is 14.5 Å². The third-order valence-electron chi connectivity index (χ3n) is 3.44. The lowest BCUT2D eigenvalue weighted by molar-refractivity contribution is -0.141. The molecule has 0 bridgehead atoms. The van der Waals surface area contributed by atoms with Crippen LogP contribution in [0.4, 0.5) is 0 Å². The molecule has 0 radical (unpaired) electrons. The van der Waals surface area contributed by atoms with Gasteiger partial charge in [0.25, 0.3) is 0 Å². The number of carbonyl (C=O) groups excluding carboxylic acids is 2. The molecular formula is C13H25N3O2. The largest absolute Gasteiger partial charge is 0.358 e. The molecule has 0 saturated carbocycles. The Morgan fingerprint density at radius 1 is 1.17 bits per heavy atom. The first kappa shape index (κ1) is 15.0. The maximum absolute atomic E-state index is 12.0. The number of carbonyl (C=O) groups is 2. The van der Waals surface area contributed by atoms with Crippen LogP contribution in [0.25, 0.3) is 0 Å². The van der Waals surface area contributed by atoms with Gasteiger partial charge in [0, 0.05) is 38.6 Å². The van der Waals surface area contributed by atoms with Gasteiger partial charge in [-0.1, -0.05) is 13.8 Å². The highest BCUT2D eigenvalue weighted by atomic mass is 16.2. The van der Waals surface area contributed by atoms with E-state index in [0.717, 1.165) is 6.54 Å². The fourth-order valence-electron chi connectivity index (χ4n) is 2.38. The van der Waals surface area contributed by atoms with Gasteiger partial charge in [0.2, 0.25) is 11.8 Å². The summed E-state index contributed by atoms with van der Waals surface area (Å²) in [5, 5.41) is 2.69. The zero-order valence-electron chi connectivity index (χ0n) is 12.1. The number of rotatable bonds is 3. The van der Waals surface area contributed by atoms with E-state index in [1.54, 1.807) is 7.05 Å². The number of amides is 2. The Balaban J connectivity index is 2.79. The summed E-state index contributed by atoms with van der Waals surface area (Å²) in [6, 6.07) is 0.0788. The van der Waals surface area contributed by atoms with Crippen molar-refractivity contribution in [2.75, 3.05) is 26.7 Å². The molecule has 0 aromatic carbocycles. The lowest BCUT2D eigenvalue weighted by atomic mass is 10.1. The molecule has 18 heavy (non-hydrogen) atoms. The van der Waals surface area contributed by atoms with E-state index in [-0.39, 0.29) is 23.8 Å². The SMILES string of the molecule is CNC(=O)C1CN(C(=O)C(C)C)CCN1C(C)C. The fraction of sp³-hybridized carbons (Fsp3) is 0.846. The van der Waals surface area contributed by atoms with Crippen LogP contribution in [0.5, 0.6) is 0 Å². The summed E-state index contributed by atoms with van der Waals surface area (Å²) in [4.78, 5) is 27.9. The van der Waals surface area contributed by atoms with Gasteiger partial charge in [-0.05, 0) is 13.8 Å². The summed E-state index contributed by atoms with van der Waals surface area (Å²) < 4.78 is 0. The Bertz CT molecular complexity index is 315. The average Bonchev–Trinajstić information content (AvgIpc) is 2.35. The molecule has 2 amide bonds. The van der Waals surface area contributed by atoms with Crippen LogP contribution >= 0.6 is 0 Å². The third-order valence-corrected chi connectivity index (χ3v) is 3.44. The van der Waals surface area contributed by atoms with Crippen molar-refractivity contribution in [1.82, 2.24) is 15.1 Å². The van der Waals surface area contributed by atoms with Crippen molar-refractivity contribution < 1.29 is 9.59 Å². The topological polar surface area (TPSA) is 52.7 Å². The van der Waals surface area contributed by atoms with Gasteiger partial charge in [-0.25, -0.2) is 0 Å². The number of likely N-dealkylation sites (N-methyl/N-ethyl adjacent to an activating group) is 1. The lowest BCUT2D eigenvalue weighted by Gasteiger charge is -2.42. The molecule has 1 fully saturated rings. The zero-order valence-corrected chi connectivity index (χ0v) is 12.1. The fourth-order valence-corrected chi connectivity index (χ4v) is 2.38. The normalized spacial score (nSPS) is 21.5. The number of piperazine rings is 1. The average molecular weight is 255 g/mol. The van der Waals surface area contributed by atoms with Crippen LogP contribution in [-0.2, 0) is 9.59 Å². The summed E-state index contributed by atoms with van der Waals surface area (Å²) in [5.41, 5.74) is 0. The second-order valence-electron chi connectivity index (χ2n) is 5.40. The van der Waals surface area contributed by atoms with Crippen LogP contribution in [0.2, 0.25) is 0 Å². The molecule has 0 aliphatic carbocycles. The van der Waals surface area contributed by atoms with Crippen molar-refractivity contribution >= 4 is 11.8 Å². The highest BCUT2D eigenvalue weighted by Crippen LogP contribution is 2.15. The minimum atomic E-state index is -0.230. The predicted octanol–water partition coefficient (Wildman–Crippen LogP) is 0.310. The monoisotopic (exact) mass is 255 g/mol. The van der Waals surface area contributed by atoms with Crippen LogP contribution in [0.15, 0.2) is 0 Å². The molecule has 1 atom stereocenters. The van der Waals surface area contributed by atoms with Gasteiger partial charge in [0.05, 0.1) is 0 Å². The predicted molar refractivity (Wildman–Crippen MR) is 71.1 cm³/mol. The van der Waals surface area contributed by atoms with E-state index in [4.69, 9.17) is 0 Å². The molecular weight excluding hydrogens is 230 g/mol. The minimum Gasteiger partial charge on any atom is -0.358 e. The molecule has 104 valence electrons. The van der Waals surface area contributed by atoms with E-state index in [1.807, 2.05) is 18.7 Å². The van der Waals surface area contributed by atoms with Crippen LogP contribution in [-0.4, -0.2) is 60.4 Å². The maximum Gasteiger partial charge on any atom is 0.238 e. The summed E-state index contributed by atoms with van der Waals surface area (Å²) in [5.74, 6) is 0.109. The molecule has 1 aliphatic rings. The first-order valence-corrected chi connectivity index (χ1v) is 6.64. The summed E-state index contributed by atoms with van der Waals surface area (Å²) in [7, 11) is 1.64. The number of nitrogens with one attached hydrogen (secondary N) is 1. The molecule has 1 N–H and O–H groups in total. The quantitative estimate of drug-likeness (QED) is 0.789. The van der Waals surface area contributed by atoms with Crippen molar-refractivity contribution in [2.45, 2.75) is 39.8 Å². The number of hydrogen-bond acceptors (Lipinski definition) is 3. The molecule has 1 rings (SSSR count). The Morgan fingerprint density at radius 3 is 2.22 bits per heavy atom. The van der Waals surface area contributed by atoms with Crippen molar-refractivity contribution in [2.24, 2.45) is 5.92 Å². The number of nitrogens with zero attached hydrogens (tertiary/aromatic N) is 2. The van der Waals surface area contributed by atoms with E-state index in [0.29, 0.717) is 19.1 Å². The van der Waals surface area contributed by atoms with E-state index in [2.05, 4.69) is 24.1 Å². The van der Waals surface area contributed by atoms with E-state index in [9.17, 15) is 9.59 Å². The molecule has 0 aromatic heterocycles.